The zero-order chi connectivity index (χ0) is 13.8. The molecule has 0 aliphatic carbocycles. The van der Waals surface area contributed by atoms with E-state index in [1.807, 2.05) is 6.07 Å². The van der Waals surface area contributed by atoms with E-state index in [1.54, 1.807) is 6.07 Å². The molecule has 1 heterocycles. The number of hydrogen-bond donors (Lipinski definition) is 1. The Kier molecular flexibility index (Phi) is 4.53. The minimum Gasteiger partial charge on any atom is -0.327 e. The molecule has 4 heteroatoms. The first-order valence-electron chi connectivity index (χ1n) is 7.07. The number of rotatable bonds is 6. The molecule has 3 nitrogen and oxygen atoms in total. The molecule has 1 atom stereocenters. The first-order valence-corrected chi connectivity index (χ1v) is 7.07. The van der Waals surface area contributed by atoms with Crippen molar-refractivity contribution in [2.45, 2.75) is 46.2 Å². The highest BCUT2D eigenvalue weighted by atomic mass is 19.1. The second kappa shape index (κ2) is 6.15. The second-order valence-corrected chi connectivity index (χ2v) is 4.91. The van der Waals surface area contributed by atoms with Crippen LogP contribution in [-0.4, -0.2) is 16.1 Å². The maximum atomic E-state index is 13.8. The summed E-state index contributed by atoms with van der Waals surface area (Å²) in [6, 6.07) is 5.30. The molecular formula is C15H22FN3. The zero-order valence-electron chi connectivity index (χ0n) is 11.9. The number of imidazole rings is 1. The number of hydrogen-bond acceptors (Lipinski definition) is 2. The molecule has 1 aromatic heterocycles. The van der Waals surface area contributed by atoms with E-state index in [-0.39, 0.29) is 11.9 Å². The van der Waals surface area contributed by atoms with Gasteiger partial charge in [0, 0.05) is 6.54 Å². The monoisotopic (exact) mass is 263 g/mol. The first-order chi connectivity index (χ1) is 9.19. The van der Waals surface area contributed by atoms with Crippen molar-refractivity contribution in [3.63, 3.8) is 0 Å². The van der Waals surface area contributed by atoms with Gasteiger partial charge in [-0.3, -0.25) is 0 Å². The molecule has 1 unspecified atom stereocenters. The van der Waals surface area contributed by atoms with E-state index in [0.717, 1.165) is 37.3 Å². The molecule has 1 N–H and O–H groups in total. The van der Waals surface area contributed by atoms with Crippen LogP contribution < -0.4 is 5.32 Å². The molecule has 0 saturated carbocycles. The van der Waals surface area contributed by atoms with Gasteiger partial charge in [-0.1, -0.05) is 19.9 Å². The average molecular weight is 263 g/mol. The van der Waals surface area contributed by atoms with Gasteiger partial charge in [0.05, 0.1) is 11.6 Å². The summed E-state index contributed by atoms with van der Waals surface area (Å²) in [5.41, 5.74) is 1.37. The summed E-state index contributed by atoms with van der Waals surface area (Å²) in [6.07, 6.45) is 2.09. The van der Waals surface area contributed by atoms with E-state index >= 15 is 0 Å². The lowest BCUT2D eigenvalue weighted by atomic mass is 10.3. The average Bonchev–Trinajstić information content (AvgIpc) is 2.77. The topological polar surface area (TPSA) is 29.9 Å². The Bertz CT molecular complexity index is 548. The molecule has 19 heavy (non-hydrogen) atoms. The first kappa shape index (κ1) is 14.0. The highest BCUT2D eigenvalue weighted by Crippen LogP contribution is 2.23. The third-order valence-corrected chi connectivity index (χ3v) is 3.29. The van der Waals surface area contributed by atoms with Gasteiger partial charge in [-0.2, -0.15) is 0 Å². The second-order valence-electron chi connectivity index (χ2n) is 4.91. The van der Waals surface area contributed by atoms with Crippen LogP contribution in [0.15, 0.2) is 18.2 Å². The highest BCUT2D eigenvalue weighted by Gasteiger charge is 2.17. The number of fused-ring (bicyclic) bond motifs is 1. The number of halogens is 1. The maximum Gasteiger partial charge on any atom is 0.151 e. The fourth-order valence-corrected chi connectivity index (χ4v) is 2.37. The van der Waals surface area contributed by atoms with Crippen LogP contribution in [-0.2, 0) is 6.54 Å². The quantitative estimate of drug-likeness (QED) is 0.862. The molecule has 0 bridgehead atoms. The van der Waals surface area contributed by atoms with Gasteiger partial charge in [0.25, 0.3) is 0 Å². The Balaban J connectivity index is 2.46. The summed E-state index contributed by atoms with van der Waals surface area (Å²) in [7, 11) is 0. The van der Waals surface area contributed by atoms with Crippen LogP contribution in [0.25, 0.3) is 11.0 Å². The molecule has 0 saturated heterocycles. The molecular weight excluding hydrogens is 241 g/mol. The number of benzene rings is 1. The molecule has 1 aromatic carbocycles. The standard InChI is InChI=1S/C15H22FN3/c1-4-9-17-11(3)15-18-14-12(16)7-6-8-13(14)19(15)10-5-2/h6-8,11,17H,4-5,9-10H2,1-3H3. The molecule has 0 amide bonds. The van der Waals surface area contributed by atoms with E-state index in [1.165, 1.54) is 6.07 Å². The lowest BCUT2D eigenvalue weighted by molar-refractivity contribution is 0.512. The van der Waals surface area contributed by atoms with E-state index in [2.05, 4.69) is 35.6 Å². The van der Waals surface area contributed by atoms with Crippen molar-refractivity contribution in [1.29, 1.82) is 0 Å². The van der Waals surface area contributed by atoms with Gasteiger partial charge in [0.2, 0.25) is 0 Å². The third-order valence-electron chi connectivity index (χ3n) is 3.29. The van der Waals surface area contributed by atoms with Gasteiger partial charge < -0.3 is 9.88 Å². The fourth-order valence-electron chi connectivity index (χ4n) is 2.37. The number of aromatic nitrogens is 2. The smallest absolute Gasteiger partial charge is 0.151 e. The summed E-state index contributed by atoms with van der Waals surface area (Å²) in [5, 5.41) is 3.42. The largest absolute Gasteiger partial charge is 0.327 e. The minimum absolute atomic E-state index is 0.137. The Morgan fingerprint density at radius 3 is 2.79 bits per heavy atom. The van der Waals surface area contributed by atoms with Crippen LogP contribution in [0.3, 0.4) is 0 Å². The Labute approximate surface area is 113 Å². The Hall–Kier alpha value is -1.42. The lowest BCUT2D eigenvalue weighted by Crippen LogP contribution is -2.22. The third kappa shape index (κ3) is 2.78. The van der Waals surface area contributed by atoms with Gasteiger partial charge in [0.1, 0.15) is 11.3 Å². The van der Waals surface area contributed by atoms with Crippen molar-refractivity contribution < 1.29 is 4.39 Å². The van der Waals surface area contributed by atoms with E-state index in [9.17, 15) is 4.39 Å². The van der Waals surface area contributed by atoms with Crippen molar-refractivity contribution in [2.75, 3.05) is 6.54 Å². The minimum atomic E-state index is -0.240. The Morgan fingerprint density at radius 1 is 1.32 bits per heavy atom. The molecule has 0 fully saturated rings. The van der Waals surface area contributed by atoms with Crippen molar-refractivity contribution in [2.24, 2.45) is 0 Å². The summed E-state index contributed by atoms with van der Waals surface area (Å²) in [6.45, 7) is 8.15. The van der Waals surface area contributed by atoms with E-state index in [4.69, 9.17) is 0 Å². The predicted octanol–water partition coefficient (Wildman–Crippen LogP) is 3.65. The number of nitrogens with one attached hydrogen (secondary N) is 1. The van der Waals surface area contributed by atoms with Crippen molar-refractivity contribution in [1.82, 2.24) is 14.9 Å². The van der Waals surface area contributed by atoms with Crippen LogP contribution in [0, 0.1) is 5.82 Å². The molecule has 0 radical (unpaired) electrons. The summed E-state index contributed by atoms with van der Waals surface area (Å²) in [4.78, 5) is 4.51. The van der Waals surface area contributed by atoms with Crippen LogP contribution in [0.1, 0.15) is 45.5 Å². The molecule has 0 aliphatic rings. The number of aryl methyl sites for hydroxylation is 1. The van der Waals surface area contributed by atoms with E-state index in [0.29, 0.717) is 5.52 Å². The SMILES string of the molecule is CCCNC(C)c1nc2c(F)cccc2n1CCC. The molecule has 0 aliphatic heterocycles. The normalized spacial score (nSPS) is 13.1. The summed E-state index contributed by atoms with van der Waals surface area (Å²) in [5.74, 6) is 0.687. The van der Waals surface area contributed by atoms with E-state index < -0.39 is 0 Å². The maximum absolute atomic E-state index is 13.8. The van der Waals surface area contributed by atoms with Gasteiger partial charge in [-0.25, -0.2) is 9.37 Å². The van der Waals surface area contributed by atoms with Gasteiger partial charge in [-0.05, 0) is 38.4 Å². The summed E-state index contributed by atoms with van der Waals surface area (Å²) < 4.78 is 16.0. The fraction of sp³-hybridized carbons (Fsp3) is 0.533. The van der Waals surface area contributed by atoms with Gasteiger partial charge in [0.15, 0.2) is 5.82 Å². The van der Waals surface area contributed by atoms with Crippen LogP contribution in [0.2, 0.25) is 0 Å². The van der Waals surface area contributed by atoms with Crippen molar-refractivity contribution in [3.8, 4) is 0 Å². The van der Waals surface area contributed by atoms with Crippen LogP contribution in [0.4, 0.5) is 4.39 Å². The van der Waals surface area contributed by atoms with Crippen LogP contribution in [0.5, 0.6) is 0 Å². The molecule has 0 spiro atoms. The van der Waals surface area contributed by atoms with Crippen molar-refractivity contribution in [3.05, 3.63) is 29.8 Å². The lowest BCUT2D eigenvalue weighted by Gasteiger charge is -2.15. The number of nitrogens with zero attached hydrogens (tertiary/aromatic N) is 2. The van der Waals surface area contributed by atoms with Gasteiger partial charge in [-0.15, -0.1) is 0 Å². The summed E-state index contributed by atoms with van der Waals surface area (Å²) >= 11 is 0. The number of para-hydroxylation sites is 1. The predicted molar refractivity (Wildman–Crippen MR) is 76.7 cm³/mol. The highest BCUT2D eigenvalue weighted by molar-refractivity contribution is 5.76. The zero-order valence-corrected chi connectivity index (χ0v) is 11.9. The molecule has 2 aromatic rings. The molecule has 2 rings (SSSR count). The Morgan fingerprint density at radius 2 is 2.11 bits per heavy atom. The van der Waals surface area contributed by atoms with Gasteiger partial charge >= 0.3 is 0 Å². The van der Waals surface area contributed by atoms with Crippen molar-refractivity contribution >= 4 is 11.0 Å². The molecule has 104 valence electrons. The van der Waals surface area contributed by atoms with Crippen LogP contribution >= 0.6 is 0 Å².